The van der Waals surface area contributed by atoms with Gasteiger partial charge in [0, 0.05) is 18.8 Å². The summed E-state index contributed by atoms with van der Waals surface area (Å²) in [5, 5.41) is 12.0. The molecule has 108 valence electrons. The lowest BCUT2D eigenvalue weighted by Crippen LogP contribution is -2.24. The molecular formula is C14H15ClN6. The fraction of sp³-hybridized carbons (Fsp3) is 0.286. The molecule has 0 amide bonds. The summed E-state index contributed by atoms with van der Waals surface area (Å²) >= 11 is 5.95. The Morgan fingerprint density at radius 1 is 1.14 bits per heavy atom. The molecule has 0 saturated carbocycles. The van der Waals surface area contributed by atoms with Gasteiger partial charge in [-0.05, 0) is 49.7 Å². The number of hydrogen-bond donors (Lipinski definition) is 1. The highest BCUT2D eigenvalue weighted by Crippen LogP contribution is 2.18. The highest BCUT2D eigenvalue weighted by molar-refractivity contribution is 6.28. The Morgan fingerprint density at radius 2 is 1.81 bits per heavy atom. The van der Waals surface area contributed by atoms with E-state index in [1.54, 1.807) is 24.3 Å². The molecule has 0 saturated heterocycles. The maximum atomic E-state index is 8.78. The molecule has 6 nitrogen and oxygen atoms in total. The van der Waals surface area contributed by atoms with E-state index < -0.39 is 0 Å². The van der Waals surface area contributed by atoms with E-state index in [0.29, 0.717) is 17.5 Å². The first-order chi connectivity index (χ1) is 10.2. The highest BCUT2D eigenvalue weighted by atomic mass is 35.5. The summed E-state index contributed by atoms with van der Waals surface area (Å²) in [7, 11) is 0. The third-order valence-electron chi connectivity index (χ3n) is 2.91. The minimum absolute atomic E-state index is 0.142. The Morgan fingerprint density at radius 3 is 2.38 bits per heavy atom. The number of benzene rings is 1. The van der Waals surface area contributed by atoms with Crippen molar-refractivity contribution in [3.05, 3.63) is 35.1 Å². The van der Waals surface area contributed by atoms with Gasteiger partial charge in [-0.2, -0.15) is 20.2 Å². The Hall–Kier alpha value is -2.39. The molecule has 0 radical (unpaired) electrons. The lowest BCUT2D eigenvalue weighted by atomic mass is 10.2. The molecule has 1 N–H and O–H groups in total. The number of nitrogens with zero attached hydrogens (tertiary/aromatic N) is 5. The maximum Gasteiger partial charge on any atom is 0.233 e. The molecule has 0 unspecified atom stereocenters. The predicted octanol–water partition coefficient (Wildman–Crippen LogP) is 2.99. The fourth-order valence-corrected chi connectivity index (χ4v) is 1.96. The van der Waals surface area contributed by atoms with Crippen LogP contribution in [0.3, 0.4) is 0 Å². The molecule has 2 aromatic rings. The second kappa shape index (κ2) is 6.86. The average Bonchev–Trinajstić information content (AvgIpc) is 2.49. The minimum atomic E-state index is 0.142. The molecule has 0 aliphatic carbocycles. The van der Waals surface area contributed by atoms with Crippen LogP contribution in [0.1, 0.15) is 19.4 Å². The van der Waals surface area contributed by atoms with Crippen molar-refractivity contribution in [3.8, 4) is 6.07 Å². The molecule has 0 aliphatic heterocycles. The van der Waals surface area contributed by atoms with E-state index in [4.69, 9.17) is 16.9 Å². The van der Waals surface area contributed by atoms with Crippen LogP contribution in [0.2, 0.25) is 5.28 Å². The van der Waals surface area contributed by atoms with Crippen LogP contribution in [0.4, 0.5) is 17.6 Å². The first-order valence-electron chi connectivity index (χ1n) is 6.60. The molecule has 1 aromatic heterocycles. The van der Waals surface area contributed by atoms with E-state index in [1.807, 2.05) is 18.7 Å². The number of aromatic nitrogens is 3. The van der Waals surface area contributed by atoms with Crippen LogP contribution in [-0.2, 0) is 0 Å². The first-order valence-corrected chi connectivity index (χ1v) is 6.97. The SMILES string of the molecule is CCN(CC)c1nc(Cl)nc(Nc2ccc(C#N)cc2)n1. The summed E-state index contributed by atoms with van der Waals surface area (Å²) in [6, 6.07) is 9.08. The van der Waals surface area contributed by atoms with Crippen LogP contribution in [0.15, 0.2) is 24.3 Å². The van der Waals surface area contributed by atoms with Gasteiger partial charge in [0.2, 0.25) is 17.2 Å². The Balaban J connectivity index is 2.25. The molecule has 21 heavy (non-hydrogen) atoms. The van der Waals surface area contributed by atoms with Gasteiger partial charge in [0.25, 0.3) is 0 Å². The molecule has 0 bridgehead atoms. The van der Waals surface area contributed by atoms with E-state index in [2.05, 4.69) is 26.3 Å². The fourth-order valence-electron chi connectivity index (χ4n) is 1.80. The topological polar surface area (TPSA) is 77.7 Å². The largest absolute Gasteiger partial charge is 0.341 e. The number of rotatable bonds is 5. The molecule has 0 spiro atoms. The Bertz CT molecular complexity index is 646. The lowest BCUT2D eigenvalue weighted by molar-refractivity contribution is 0.814. The summed E-state index contributed by atoms with van der Waals surface area (Å²) in [6.45, 7) is 5.62. The molecule has 7 heteroatoms. The van der Waals surface area contributed by atoms with Gasteiger partial charge in [0.05, 0.1) is 11.6 Å². The van der Waals surface area contributed by atoms with Crippen molar-refractivity contribution < 1.29 is 0 Å². The third kappa shape index (κ3) is 3.80. The summed E-state index contributed by atoms with van der Waals surface area (Å²) in [5.41, 5.74) is 1.37. The van der Waals surface area contributed by atoms with Gasteiger partial charge in [0.1, 0.15) is 0 Å². The Kier molecular flexibility index (Phi) is 4.90. The molecule has 2 rings (SSSR count). The molecule has 1 heterocycles. The van der Waals surface area contributed by atoms with Gasteiger partial charge >= 0.3 is 0 Å². The number of nitriles is 1. The zero-order valence-electron chi connectivity index (χ0n) is 11.8. The van der Waals surface area contributed by atoms with E-state index in [9.17, 15) is 0 Å². The summed E-state index contributed by atoms with van der Waals surface area (Å²) in [5.74, 6) is 0.915. The van der Waals surface area contributed by atoms with Crippen molar-refractivity contribution in [1.82, 2.24) is 15.0 Å². The van der Waals surface area contributed by atoms with E-state index in [-0.39, 0.29) is 5.28 Å². The quantitative estimate of drug-likeness (QED) is 0.915. The standard InChI is InChI=1S/C14H15ClN6/c1-3-21(4-2)14-19-12(15)18-13(20-14)17-11-7-5-10(9-16)6-8-11/h5-8H,3-4H2,1-2H3,(H,17,18,19,20). The minimum Gasteiger partial charge on any atom is -0.341 e. The molecule has 0 fully saturated rings. The van der Waals surface area contributed by atoms with Crippen molar-refractivity contribution in [2.75, 3.05) is 23.3 Å². The lowest BCUT2D eigenvalue weighted by Gasteiger charge is -2.18. The van der Waals surface area contributed by atoms with Crippen molar-refractivity contribution in [1.29, 1.82) is 5.26 Å². The van der Waals surface area contributed by atoms with Crippen molar-refractivity contribution in [3.63, 3.8) is 0 Å². The van der Waals surface area contributed by atoms with Gasteiger partial charge < -0.3 is 10.2 Å². The molecule has 1 aromatic carbocycles. The van der Waals surface area contributed by atoms with E-state index in [0.717, 1.165) is 18.8 Å². The summed E-state index contributed by atoms with van der Waals surface area (Å²) in [6.07, 6.45) is 0. The van der Waals surface area contributed by atoms with Crippen LogP contribution in [-0.4, -0.2) is 28.0 Å². The van der Waals surface area contributed by atoms with Crippen LogP contribution >= 0.6 is 11.6 Å². The number of anilines is 3. The van der Waals surface area contributed by atoms with Gasteiger partial charge in [0.15, 0.2) is 0 Å². The summed E-state index contributed by atoms with van der Waals surface area (Å²) < 4.78 is 0. The second-order valence-electron chi connectivity index (χ2n) is 4.21. The number of nitrogens with one attached hydrogen (secondary N) is 1. The second-order valence-corrected chi connectivity index (χ2v) is 4.55. The predicted molar refractivity (Wildman–Crippen MR) is 82.8 cm³/mol. The van der Waals surface area contributed by atoms with E-state index in [1.165, 1.54) is 0 Å². The first kappa shape index (κ1) is 15.0. The van der Waals surface area contributed by atoms with Gasteiger partial charge in [-0.15, -0.1) is 0 Å². The van der Waals surface area contributed by atoms with Crippen molar-refractivity contribution in [2.24, 2.45) is 0 Å². The normalized spacial score (nSPS) is 10.0. The zero-order chi connectivity index (χ0) is 15.2. The zero-order valence-corrected chi connectivity index (χ0v) is 12.6. The highest BCUT2D eigenvalue weighted by Gasteiger charge is 2.10. The Labute approximate surface area is 128 Å². The van der Waals surface area contributed by atoms with Gasteiger partial charge in [-0.3, -0.25) is 0 Å². The van der Waals surface area contributed by atoms with Crippen LogP contribution in [0.5, 0.6) is 0 Å². The van der Waals surface area contributed by atoms with Gasteiger partial charge in [-0.25, -0.2) is 0 Å². The van der Waals surface area contributed by atoms with Crippen LogP contribution in [0.25, 0.3) is 0 Å². The molecule has 0 aliphatic rings. The number of hydrogen-bond acceptors (Lipinski definition) is 6. The van der Waals surface area contributed by atoms with Crippen LogP contribution in [0, 0.1) is 11.3 Å². The smallest absolute Gasteiger partial charge is 0.233 e. The molecular weight excluding hydrogens is 288 g/mol. The third-order valence-corrected chi connectivity index (χ3v) is 3.08. The maximum absolute atomic E-state index is 8.78. The number of halogens is 1. The van der Waals surface area contributed by atoms with E-state index >= 15 is 0 Å². The monoisotopic (exact) mass is 302 g/mol. The van der Waals surface area contributed by atoms with Crippen molar-refractivity contribution in [2.45, 2.75) is 13.8 Å². The summed E-state index contributed by atoms with van der Waals surface area (Å²) in [4.78, 5) is 14.5. The average molecular weight is 303 g/mol. The van der Waals surface area contributed by atoms with Crippen LogP contribution < -0.4 is 10.2 Å². The molecule has 0 atom stereocenters. The van der Waals surface area contributed by atoms with Crippen molar-refractivity contribution >= 4 is 29.2 Å². The van der Waals surface area contributed by atoms with Gasteiger partial charge in [-0.1, -0.05) is 0 Å².